The molecule has 112 valence electrons. The van der Waals surface area contributed by atoms with Crippen LogP contribution in [0.25, 0.3) is 0 Å². The van der Waals surface area contributed by atoms with Crippen molar-refractivity contribution in [2.24, 2.45) is 5.92 Å². The number of aryl methyl sites for hydroxylation is 1. The summed E-state index contributed by atoms with van der Waals surface area (Å²) in [7, 11) is 0. The van der Waals surface area contributed by atoms with Crippen LogP contribution < -0.4 is 5.32 Å². The summed E-state index contributed by atoms with van der Waals surface area (Å²) in [4.78, 5) is 0. The number of hydrogen-bond donors (Lipinski definition) is 1. The van der Waals surface area contributed by atoms with Crippen LogP contribution in [0.1, 0.15) is 69.0 Å². The minimum atomic E-state index is -0.113. The highest BCUT2D eigenvalue weighted by Crippen LogP contribution is 2.33. The van der Waals surface area contributed by atoms with Gasteiger partial charge in [-0.25, -0.2) is 4.39 Å². The van der Waals surface area contributed by atoms with Crippen LogP contribution in [0.5, 0.6) is 0 Å². The summed E-state index contributed by atoms with van der Waals surface area (Å²) in [5.41, 5.74) is 2.36. The highest BCUT2D eigenvalue weighted by molar-refractivity contribution is 5.29. The summed E-state index contributed by atoms with van der Waals surface area (Å²) in [5.74, 6) is 0.693. The van der Waals surface area contributed by atoms with E-state index < -0.39 is 0 Å². The molecule has 0 heterocycles. The van der Waals surface area contributed by atoms with Gasteiger partial charge in [0, 0.05) is 6.04 Å². The molecule has 1 unspecified atom stereocenters. The van der Waals surface area contributed by atoms with Gasteiger partial charge in [-0.1, -0.05) is 45.1 Å². The molecule has 1 atom stereocenters. The molecule has 2 heteroatoms. The number of halogens is 1. The third-order valence-corrected chi connectivity index (χ3v) is 4.55. The van der Waals surface area contributed by atoms with E-state index in [1.165, 1.54) is 37.7 Å². The van der Waals surface area contributed by atoms with Gasteiger partial charge in [0.15, 0.2) is 0 Å². The summed E-state index contributed by atoms with van der Waals surface area (Å²) in [6, 6.07) is 5.52. The Morgan fingerprint density at radius 1 is 1.25 bits per heavy atom. The van der Waals surface area contributed by atoms with Crippen LogP contribution >= 0.6 is 0 Å². The second-order valence-corrected chi connectivity index (χ2v) is 6.25. The van der Waals surface area contributed by atoms with Crippen molar-refractivity contribution in [2.45, 2.75) is 64.8 Å². The Balaban J connectivity index is 2.10. The lowest BCUT2D eigenvalue weighted by Gasteiger charge is -2.28. The van der Waals surface area contributed by atoms with Crippen molar-refractivity contribution in [3.05, 3.63) is 35.1 Å². The van der Waals surface area contributed by atoms with E-state index in [0.717, 1.165) is 30.9 Å². The molecule has 0 aromatic heterocycles. The van der Waals surface area contributed by atoms with Gasteiger partial charge < -0.3 is 5.32 Å². The van der Waals surface area contributed by atoms with Gasteiger partial charge in [0.2, 0.25) is 0 Å². The highest BCUT2D eigenvalue weighted by Gasteiger charge is 2.21. The van der Waals surface area contributed by atoms with E-state index in [9.17, 15) is 4.39 Å². The minimum Gasteiger partial charge on any atom is -0.310 e. The number of rotatable bonds is 6. The lowest BCUT2D eigenvalue weighted by molar-refractivity contribution is 0.299. The topological polar surface area (TPSA) is 12.0 Å². The van der Waals surface area contributed by atoms with Crippen molar-refractivity contribution in [1.29, 1.82) is 0 Å². The van der Waals surface area contributed by atoms with E-state index in [4.69, 9.17) is 0 Å². The van der Waals surface area contributed by atoms with Crippen LogP contribution in [0.15, 0.2) is 18.2 Å². The maximum absolute atomic E-state index is 13.6. The molecule has 0 spiro atoms. The van der Waals surface area contributed by atoms with Crippen LogP contribution in [-0.2, 0) is 0 Å². The van der Waals surface area contributed by atoms with E-state index in [2.05, 4.69) is 19.2 Å². The van der Waals surface area contributed by atoms with Gasteiger partial charge in [0.1, 0.15) is 5.82 Å². The minimum absolute atomic E-state index is 0.113. The van der Waals surface area contributed by atoms with Crippen molar-refractivity contribution in [3.8, 4) is 0 Å². The molecule has 1 aromatic carbocycles. The highest BCUT2D eigenvalue weighted by atomic mass is 19.1. The zero-order valence-corrected chi connectivity index (χ0v) is 12.9. The molecule has 1 nitrogen and oxygen atoms in total. The zero-order valence-electron chi connectivity index (χ0n) is 12.9. The average Bonchev–Trinajstić information content (AvgIpc) is 2.47. The molecule has 2 rings (SSSR count). The first-order valence-corrected chi connectivity index (χ1v) is 8.20. The molecule has 1 aliphatic rings. The maximum atomic E-state index is 13.6. The third-order valence-electron chi connectivity index (χ3n) is 4.55. The first-order chi connectivity index (χ1) is 9.70. The van der Waals surface area contributed by atoms with Crippen molar-refractivity contribution >= 4 is 0 Å². The van der Waals surface area contributed by atoms with E-state index in [1.54, 1.807) is 12.1 Å². The Bertz CT molecular complexity index is 410. The Kier molecular flexibility index (Phi) is 6.03. The van der Waals surface area contributed by atoms with E-state index in [-0.39, 0.29) is 5.82 Å². The van der Waals surface area contributed by atoms with Crippen LogP contribution in [0.4, 0.5) is 4.39 Å². The largest absolute Gasteiger partial charge is 0.310 e. The monoisotopic (exact) mass is 277 g/mol. The van der Waals surface area contributed by atoms with E-state index >= 15 is 0 Å². The van der Waals surface area contributed by atoms with Gasteiger partial charge in [0.25, 0.3) is 0 Å². The molecule has 0 amide bonds. The second kappa shape index (κ2) is 7.78. The molecule has 1 aromatic rings. The molecule has 1 saturated carbocycles. The first-order valence-electron chi connectivity index (χ1n) is 8.20. The molecule has 0 bridgehead atoms. The molecular formula is C18H28FN. The van der Waals surface area contributed by atoms with Crippen LogP contribution in [0.2, 0.25) is 0 Å². The average molecular weight is 277 g/mol. The maximum Gasteiger partial charge on any atom is 0.123 e. The van der Waals surface area contributed by atoms with Crippen molar-refractivity contribution in [1.82, 2.24) is 5.32 Å². The molecule has 1 aliphatic carbocycles. The molecule has 20 heavy (non-hydrogen) atoms. The Morgan fingerprint density at radius 3 is 2.70 bits per heavy atom. The summed E-state index contributed by atoms with van der Waals surface area (Å²) >= 11 is 0. The summed E-state index contributed by atoms with van der Waals surface area (Å²) in [6.45, 7) is 5.28. The van der Waals surface area contributed by atoms with Gasteiger partial charge in [-0.3, -0.25) is 0 Å². The smallest absolute Gasteiger partial charge is 0.123 e. The fourth-order valence-electron chi connectivity index (χ4n) is 3.38. The van der Waals surface area contributed by atoms with E-state index in [1.807, 2.05) is 6.07 Å². The molecule has 1 N–H and O–H groups in total. The van der Waals surface area contributed by atoms with Crippen LogP contribution in [0.3, 0.4) is 0 Å². The number of benzene rings is 1. The van der Waals surface area contributed by atoms with Gasteiger partial charge in [-0.2, -0.15) is 0 Å². The van der Waals surface area contributed by atoms with E-state index in [0.29, 0.717) is 6.04 Å². The summed E-state index contributed by atoms with van der Waals surface area (Å²) < 4.78 is 13.6. The van der Waals surface area contributed by atoms with Crippen molar-refractivity contribution < 1.29 is 4.39 Å². The first kappa shape index (κ1) is 15.5. The predicted octanol–water partition coefficient (Wildman–Crippen LogP) is 5.15. The lowest BCUT2D eigenvalue weighted by atomic mass is 9.82. The predicted molar refractivity (Wildman–Crippen MR) is 83.4 cm³/mol. The summed E-state index contributed by atoms with van der Waals surface area (Å²) in [5, 5.41) is 3.63. The lowest BCUT2D eigenvalue weighted by Crippen LogP contribution is -2.26. The standard InChI is InChI=1S/C18H28FN/c1-3-11-20-18(12-15-7-5-4-6-8-15)17-13-16(19)10-9-14(17)2/h9-10,13,15,18,20H,3-8,11-12H2,1-2H3. The SMILES string of the molecule is CCCNC(CC1CCCCC1)c1cc(F)ccc1C. The summed E-state index contributed by atoms with van der Waals surface area (Å²) in [6.07, 6.45) is 9.10. The quantitative estimate of drug-likeness (QED) is 0.758. The van der Waals surface area contributed by atoms with Gasteiger partial charge in [0.05, 0.1) is 0 Å². The Hall–Kier alpha value is -0.890. The molecule has 0 saturated heterocycles. The molecule has 1 fully saturated rings. The van der Waals surface area contributed by atoms with Gasteiger partial charge in [-0.05, 0) is 55.5 Å². The van der Waals surface area contributed by atoms with Gasteiger partial charge >= 0.3 is 0 Å². The zero-order chi connectivity index (χ0) is 14.4. The van der Waals surface area contributed by atoms with Gasteiger partial charge in [-0.15, -0.1) is 0 Å². The van der Waals surface area contributed by atoms with Crippen molar-refractivity contribution in [3.63, 3.8) is 0 Å². The normalized spacial score (nSPS) is 18.1. The molecular weight excluding hydrogens is 249 g/mol. The van der Waals surface area contributed by atoms with Crippen LogP contribution in [-0.4, -0.2) is 6.54 Å². The number of hydrogen-bond acceptors (Lipinski definition) is 1. The Morgan fingerprint density at radius 2 is 2.00 bits per heavy atom. The fourth-order valence-corrected chi connectivity index (χ4v) is 3.38. The Labute approximate surface area is 123 Å². The molecule has 0 aliphatic heterocycles. The molecule has 0 radical (unpaired) electrons. The number of nitrogens with one attached hydrogen (secondary N) is 1. The third kappa shape index (κ3) is 4.31. The van der Waals surface area contributed by atoms with Crippen molar-refractivity contribution in [2.75, 3.05) is 6.54 Å². The fraction of sp³-hybridized carbons (Fsp3) is 0.667. The van der Waals surface area contributed by atoms with Crippen LogP contribution in [0, 0.1) is 18.7 Å². The second-order valence-electron chi connectivity index (χ2n) is 6.25.